The van der Waals surface area contributed by atoms with Gasteiger partial charge in [-0.3, -0.25) is 4.68 Å². The summed E-state index contributed by atoms with van der Waals surface area (Å²) < 4.78 is 2.96. The molecule has 96 valence electrons. The van der Waals surface area contributed by atoms with Crippen LogP contribution in [-0.4, -0.2) is 16.3 Å². The van der Waals surface area contributed by atoms with Crippen LogP contribution >= 0.6 is 27.5 Å². The molecule has 0 spiro atoms. The Morgan fingerprint density at radius 3 is 2.94 bits per heavy atom. The first-order valence-corrected chi connectivity index (χ1v) is 7.03. The number of benzene rings is 1. The monoisotopic (exact) mass is 327 g/mol. The van der Waals surface area contributed by atoms with Crippen molar-refractivity contribution >= 4 is 27.5 Å². The summed E-state index contributed by atoms with van der Waals surface area (Å²) in [6, 6.07) is 7.94. The van der Waals surface area contributed by atoms with Crippen LogP contribution < -0.4 is 5.32 Å². The minimum atomic E-state index is 0.694. The number of hydrogen-bond donors (Lipinski definition) is 1. The van der Waals surface area contributed by atoms with Gasteiger partial charge >= 0.3 is 0 Å². The van der Waals surface area contributed by atoms with Gasteiger partial charge in [-0.1, -0.05) is 40.5 Å². The Kier molecular flexibility index (Phi) is 4.80. The number of nitrogens with one attached hydrogen (secondary N) is 1. The van der Waals surface area contributed by atoms with Crippen LogP contribution in [0.2, 0.25) is 5.02 Å². The van der Waals surface area contributed by atoms with Crippen molar-refractivity contribution in [3.05, 3.63) is 51.2 Å². The van der Waals surface area contributed by atoms with Crippen molar-refractivity contribution in [2.24, 2.45) is 0 Å². The van der Waals surface area contributed by atoms with Gasteiger partial charge in [0.2, 0.25) is 0 Å². The maximum atomic E-state index is 6.22. The van der Waals surface area contributed by atoms with Crippen LogP contribution in [0.15, 0.2) is 34.9 Å². The molecule has 0 radical (unpaired) electrons. The summed E-state index contributed by atoms with van der Waals surface area (Å²) in [5.74, 6) is 0. The van der Waals surface area contributed by atoms with Crippen molar-refractivity contribution in [2.45, 2.75) is 20.0 Å². The maximum Gasteiger partial charge on any atom is 0.0677 e. The largest absolute Gasteiger partial charge is 0.311 e. The fraction of sp³-hybridized carbons (Fsp3) is 0.308. The molecule has 0 atom stereocenters. The summed E-state index contributed by atoms with van der Waals surface area (Å²) in [5.41, 5.74) is 2.23. The summed E-state index contributed by atoms with van der Waals surface area (Å²) in [4.78, 5) is 0. The molecule has 0 saturated carbocycles. The van der Waals surface area contributed by atoms with Crippen LogP contribution in [-0.2, 0) is 13.1 Å². The molecule has 1 aromatic carbocycles. The standard InChI is InChI=1S/C13H15BrClN3/c1-2-16-8-12-5-6-17-18(12)9-10-3-4-11(14)7-13(10)15/h3-7,16H,2,8-9H2,1H3. The molecule has 1 aromatic heterocycles. The highest BCUT2D eigenvalue weighted by Crippen LogP contribution is 2.22. The van der Waals surface area contributed by atoms with Crippen molar-refractivity contribution in [2.75, 3.05) is 6.54 Å². The van der Waals surface area contributed by atoms with Gasteiger partial charge in [-0.25, -0.2) is 0 Å². The van der Waals surface area contributed by atoms with Crippen LogP contribution in [0.4, 0.5) is 0 Å². The van der Waals surface area contributed by atoms with Gasteiger partial charge < -0.3 is 5.32 Å². The average Bonchev–Trinajstić information content (AvgIpc) is 2.77. The van der Waals surface area contributed by atoms with E-state index < -0.39 is 0 Å². The second kappa shape index (κ2) is 6.36. The molecule has 2 rings (SSSR count). The zero-order valence-corrected chi connectivity index (χ0v) is 12.5. The fourth-order valence-corrected chi connectivity index (χ4v) is 2.45. The van der Waals surface area contributed by atoms with E-state index in [0.717, 1.165) is 33.8 Å². The number of halogens is 2. The molecule has 0 bridgehead atoms. The van der Waals surface area contributed by atoms with Crippen molar-refractivity contribution < 1.29 is 0 Å². The SMILES string of the molecule is CCNCc1ccnn1Cc1ccc(Br)cc1Cl. The van der Waals surface area contributed by atoms with E-state index in [-0.39, 0.29) is 0 Å². The summed E-state index contributed by atoms with van der Waals surface area (Å²) >= 11 is 9.62. The van der Waals surface area contributed by atoms with Gasteiger partial charge in [-0.05, 0) is 30.3 Å². The van der Waals surface area contributed by atoms with Gasteiger partial charge in [0.05, 0.1) is 12.2 Å². The van der Waals surface area contributed by atoms with Gasteiger partial charge in [-0.2, -0.15) is 5.10 Å². The van der Waals surface area contributed by atoms with E-state index in [0.29, 0.717) is 6.54 Å². The Labute approximate surface area is 120 Å². The summed E-state index contributed by atoms with van der Waals surface area (Å²) in [6.45, 7) is 4.56. The molecule has 0 aliphatic heterocycles. The lowest BCUT2D eigenvalue weighted by atomic mass is 10.2. The number of aromatic nitrogens is 2. The molecule has 5 heteroatoms. The zero-order chi connectivity index (χ0) is 13.0. The van der Waals surface area contributed by atoms with E-state index in [2.05, 4.69) is 33.3 Å². The molecule has 0 aliphatic rings. The van der Waals surface area contributed by atoms with E-state index in [1.54, 1.807) is 0 Å². The molecule has 0 saturated heterocycles. The van der Waals surface area contributed by atoms with Gasteiger partial charge in [0.25, 0.3) is 0 Å². The van der Waals surface area contributed by atoms with Crippen molar-refractivity contribution in [3.8, 4) is 0 Å². The Morgan fingerprint density at radius 2 is 2.22 bits per heavy atom. The van der Waals surface area contributed by atoms with E-state index in [9.17, 15) is 0 Å². The normalized spacial score (nSPS) is 10.8. The molecule has 0 unspecified atom stereocenters. The minimum Gasteiger partial charge on any atom is -0.311 e. The molecule has 1 heterocycles. The van der Waals surface area contributed by atoms with Gasteiger partial charge in [-0.15, -0.1) is 0 Å². The highest BCUT2D eigenvalue weighted by atomic mass is 79.9. The minimum absolute atomic E-state index is 0.694. The summed E-state index contributed by atoms with van der Waals surface area (Å²) in [7, 11) is 0. The van der Waals surface area contributed by atoms with Crippen LogP contribution in [0.1, 0.15) is 18.2 Å². The highest BCUT2D eigenvalue weighted by Gasteiger charge is 2.06. The number of nitrogens with zero attached hydrogens (tertiary/aromatic N) is 2. The van der Waals surface area contributed by atoms with Crippen LogP contribution in [0.5, 0.6) is 0 Å². The van der Waals surface area contributed by atoms with E-state index in [4.69, 9.17) is 11.6 Å². The molecule has 3 nitrogen and oxygen atoms in total. The Hall–Kier alpha value is -0.840. The van der Waals surface area contributed by atoms with Crippen molar-refractivity contribution in [1.82, 2.24) is 15.1 Å². The zero-order valence-electron chi connectivity index (χ0n) is 10.2. The molecule has 0 fully saturated rings. The van der Waals surface area contributed by atoms with Crippen molar-refractivity contribution in [3.63, 3.8) is 0 Å². The molecule has 0 amide bonds. The van der Waals surface area contributed by atoms with Crippen molar-refractivity contribution in [1.29, 1.82) is 0 Å². The third-order valence-corrected chi connectivity index (χ3v) is 3.54. The van der Waals surface area contributed by atoms with Crippen LogP contribution in [0, 0.1) is 0 Å². The molecular formula is C13H15BrClN3. The number of rotatable bonds is 5. The van der Waals surface area contributed by atoms with Crippen LogP contribution in [0.3, 0.4) is 0 Å². The molecular weight excluding hydrogens is 314 g/mol. The van der Waals surface area contributed by atoms with E-state index >= 15 is 0 Å². The fourth-order valence-electron chi connectivity index (χ4n) is 1.72. The third kappa shape index (κ3) is 3.34. The first-order valence-electron chi connectivity index (χ1n) is 5.86. The lowest BCUT2D eigenvalue weighted by molar-refractivity contribution is 0.606. The van der Waals surface area contributed by atoms with Gasteiger partial charge in [0, 0.05) is 22.2 Å². The van der Waals surface area contributed by atoms with E-state index in [1.165, 1.54) is 0 Å². The molecule has 2 aromatic rings. The lowest BCUT2D eigenvalue weighted by Gasteiger charge is -2.09. The average molecular weight is 329 g/mol. The topological polar surface area (TPSA) is 29.9 Å². The summed E-state index contributed by atoms with van der Waals surface area (Å²) in [6.07, 6.45) is 1.82. The Bertz CT molecular complexity index is 525. The maximum absolute atomic E-state index is 6.22. The molecule has 1 N–H and O–H groups in total. The van der Waals surface area contributed by atoms with Crippen LogP contribution in [0.25, 0.3) is 0 Å². The second-order valence-corrected chi connectivity index (χ2v) is 5.32. The van der Waals surface area contributed by atoms with Gasteiger partial charge in [0.1, 0.15) is 0 Å². The first kappa shape index (κ1) is 13.6. The van der Waals surface area contributed by atoms with Gasteiger partial charge in [0.15, 0.2) is 0 Å². The number of hydrogen-bond acceptors (Lipinski definition) is 2. The molecule has 0 aliphatic carbocycles. The third-order valence-electron chi connectivity index (χ3n) is 2.70. The smallest absolute Gasteiger partial charge is 0.0677 e. The predicted octanol–water partition coefficient (Wildman–Crippen LogP) is 3.46. The van der Waals surface area contributed by atoms with E-state index in [1.807, 2.05) is 35.1 Å². The first-order chi connectivity index (χ1) is 8.70. The highest BCUT2D eigenvalue weighted by molar-refractivity contribution is 9.10. The Balaban J connectivity index is 2.15. The predicted molar refractivity (Wildman–Crippen MR) is 77.9 cm³/mol. The quantitative estimate of drug-likeness (QED) is 0.911. The molecule has 18 heavy (non-hydrogen) atoms. The lowest BCUT2D eigenvalue weighted by Crippen LogP contribution is -2.16. The Morgan fingerprint density at radius 1 is 1.39 bits per heavy atom. The second-order valence-electron chi connectivity index (χ2n) is 4.00. The summed E-state index contributed by atoms with van der Waals surface area (Å²) in [5, 5.41) is 8.39.